The number of hydrogen-bond donors (Lipinski definition) is 12. The van der Waals surface area contributed by atoms with Crippen molar-refractivity contribution in [1.29, 1.82) is 0 Å². The Morgan fingerprint density at radius 1 is 0.642 bits per heavy atom. The Balaban J connectivity index is 3.15. The molecule has 9 atom stereocenters. The van der Waals surface area contributed by atoms with Crippen LogP contribution in [0.1, 0.15) is 162 Å². The topological polar surface area (TPSA) is 410 Å². The van der Waals surface area contributed by atoms with E-state index in [-0.39, 0.29) is 45.6 Å². The lowest BCUT2D eigenvalue weighted by Gasteiger charge is -2.29. The third-order valence-electron chi connectivity index (χ3n) is 13.3. The van der Waals surface area contributed by atoms with Gasteiger partial charge in [-0.05, 0) is 100 Å². The van der Waals surface area contributed by atoms with E-state index in [1.165, 1.54) is 95.3 Å². The van der Waals surface area contributed by atoms with Crippen LogP contribution in [0.2, 0.25) is 0 Å². The summed E-state index contributed by atoms with van der Waals surface area (Å²) < 4.78 is 38.6. The van der Waals surface area contributed by atoms with Crippen LogP contribution in [0.3, 0.4) is 0 Å². The number of aliphatic hydroxyl groups excluding tert-OH is 4. The number of hydrogen-bond acceptors (Lipinski definition) is 19. The summed E-state index contributed by atoms with van der Waals surface area (Å²) in [5.74, 6) is -10.3. The number of cyclic esters (lactones) is 1. The highest BCUT2D eigenvalue weighted by atomic mass is 31.2. The molecule has 27 nitrogen and oxygen atoms in total. The van der Waals surface area contributed by atoms with Crippen molar-refractivity contribution in [1.82, 2.24) is 35.9 Å². The van der Waals surface area contributed by atoms with Gasteiger partial charge >= 0.3 is 25.6 Å². The van der Waals surface area contributed by atoms with E-state index in [2.05, 4.69) is 33.5 Å². The van der Waals surface area contributed by atoms with Crippen molar-refractivity contribution in [3.8, 4) is 0 Å². The molecule has 1 aliphatic heterocycles. The molecule has 0 saturated heterocycles. The van der Waals surface area contributed by atoms with E-state index in [1.807, 2.05) is 0 Å². The van der Waals surface area contributed by atoms with E-state index < -0.39 is 141 Å². The normalized spacial score (nSPS) is 16.6. The van der Waals surface area contributed by atoms with Crippen LogP contribution in [0.5, 0.6) is 0 Å². The molecule has 0 bridgehead atoms. The number of rotatable bonds is 47. The molecule has 5 amide bonds. The Bertz CT molecular complexity index is 2000. The maximum absolute atomic E-state index is 13.8. The fourth-order valence-electron chi connectivity index (χ4n) is 8.48. The summed E-state index contributed by atoms with van der Waals surface area (Å²) in [6, 6.07) is -8.08. The lowest BCUT2D eigenvalue weighted by atomic mass is 10.0. The number of nitrogens with one attached hydrogen (secondary N) is 5. The van der Waals surface area contributed by atoms with E-state index in [0.29, 0.717) is 25.7 Å². The number of esters is 2. The molecule has 0 aromatic rings. The molecule has 468 valence electrons. The number of carboxylic acid groups (broad SMARTS) is 1. The van der Waals surface area contributed by atoms with Crippen LogP contribution in [-0.4, -0.2) is 198 Å². The fraction of sp³-hybridized carbons (Fsp3) is 0.811. The van der Waals surface area contributed by atoms with Gasteiger partial charge in [-0.1, -0.05) is 90.4 Å². The average molecular weight is 1180 g/mol. The van der Waals surface area contributed by atoms with Crippen LogP contribution in [-0.2, 0) is 61.7 Å². The second-order valence-corrected chi connectivity index (χ2v) is 23.6. The molecule has 0 spiro atoms. The first-order chi connectivity index (χ1) is 38.4. The number of nitrogens with zero attached hydrogens (tertiary/aromatic N) is 2. The van der Waals surface area contributed by atoms with Gasteiger partial charge in [-0.15, -0.1) is 0 Å². The number of aliphatic hydroxyl groups is 4. The van der Waals surface area contributed by atoms with Crippen molar-refractivity contribution >= 4 is 55.1 Å². The number of carbonyl (C=O) groups excluding carboxylic acids is 7. The molecule has 0 aromatic carbocycles. The average Bonchev–Trinajstić information content (AvgIpc) is 3.87. The van der Waals surface area contributed by atoms with Gasteiger partial charge in [-0.25, -0.2) is 23.5 Å². The highest BCUT2D eigenvalue weighted by molar-refractivity contribution is 7.54. The van der Waals surface area contributed by atoms with Crippen molar-refractivity contribution in [2.24, 2.45) is 11.5 Å². The predicted octanol–water partition coefficient (Wildman–Crippen LogP) is 1.64. The predicted molar refractivity (Wildman–Crippen MR) is 299 cm³/mol. The first-order valence-corrected chi connectivity index (χ1v) is 30.1. The highest BCUT2D eigenvalue weighted by Crippen LogP contribution is 2.53. The molecular weight excluding hydrogens is 1080 g/mol. The third kappa shape index (κ3) is 28.2. The van der Waals surface area contributed by atoms with E-state index >= 15 is 0 Å². The maximum Gasteiger partial charge on any atom is 0.395 e. The molecular formula is C53H98N9O18P. The summed E-state index contributed by atoms with van der Waals surface area (Å²) in [7, 11) is 1.90. The Labute approximate surface area is 477 Å². The number of nitrogens with two attached hydrogens (primary N) is 2. The van der Waals surface area contributed by atoms with Gasteiger partial charge in [0.25, 0.3) is 5.76 Å². The lowest BCUT2D eigenvalue weighted by molar-refractivity contribution is -0.167. The summed E-state index contributed by atoms with van der Waals surface area (Å²) >= 11 is 0. The van der Waals surface area contributed by atoms with Crippen LogP contribution in [0, 0.1) is 0 Å². The largest absolute Gasteiger partial charge is 0.505 e. The first kappa shape index (κ1) is 74.0. The third-order valence-corrected chi connectivity index (χ3v) is 15.8. The zero-order chi connectivity index (χ0) is 61.1. The van der Waals surface area contributed by atoms with E-state index in [1.54, 1.807) is 0 Å². The second-order valence-electron chi connectivity index (χ2n) is 20.8. The molecule has 14 N–H and O–H groups in total. The molecule has 1 aliphatic rings. The van der Waals surface area contributed by atoms with Gasteiger partial charge in [0, 0.05) is 13.0 Å². The van der Waals surface area contributed by atoms with Gasteiger partial charge in [-0.2, -0.15) is 0 Å². The monoisotopic (exact) mass is 1180 g/mol. The molecule has 0 aliphatic carbocycles. The molecule has 1 heterocycles. The molecule has 0 fully saturated rings. The minimum atomic E-state index is -3.88. The summed E-state index contributed by atoms with van der Waals surface area (Å²) in [5.41, 5.74) is 11.2. The van der Waals surface area contributed by atoms with Gasteiger partial charge in [0.05, 0.1) is 31.8 Å². The number of unbranched alkanes of at least 4 members (excludes halogenated alkanes) is 15. The number of carboxylic acids is 1. The summed E-state index contributed by atoms with van der Waals surface area (Å²) in [4.78, 5) is 105. The van der Waals surface area contributed by atoms with Crippen LogP contribution in [0.25, 0.3) is 0 Å². The van der Waals surface area contributed by atoms with Gasteiger partial charge in [-0.3, -0.25) is 28.8 Å². The maximum atomic E-state index is 13.8. The molecule has 0 aromatic heterocycles. The molecule has 0 saturated carbocycles. The van der Waals surface area contributed by atoms with Crippen LogP contribution < -0.4 is 38.1 Å². The zero-order valence-corrected chi connectivity index (χ0v) is 49.7. The Morgan fingerprint density at radius 2 is 1.09 bits per heavy atom. The molecule has 0 radical (unpaired) electrons. The molecule has 1 rings (SSSR count). The first-order valence-electron chi connectivity index (χ1n) is 28.6. The van der Waals surface area contributed by atoms with E-state index in [0.717, 1.165) is 39.5 Å². The SMILES string of the molecule is CCCCCCCCCCCCCCCCOCC(OC(=O)CCC(=O)NC(CCCCN)C(=O)NC(C(=O)NC(C(=O)NC(CCCCN)C(=O)NC(CO)C(=O)O)C(C)O)C(C)O)C1OC(=O)C(OP(=O)(N(C)C)N(C)C)=C1O. The van der Waals surface area contributed by atoms with Crippen LogP contribution in [0.15, 0.2) is 11.5 Å². The lowest BCUT2D eigenvalue weighted by Crippen LogP contribution is -2.62. The van der Waals surface area contributed by atoms with Crippen molar-refractivity contribution in [2.75, 3.05) is 61.1 Å². The minimum absolute atomic E-state index is 0.0327. The Hall–Kier alpha value is -4.99. The summed E-state index contributed by atoms with van der Waals surface area (Å²) in [6.07, 6.45) is 9.95. The van der Waals surface area contributed by atoms with Crippen LogP contribution >= 0.6 is 7.67 Å². The number of amides is 5. The van der Waals surface area contributed by atoms with Crippen molar-refractivity contribution in [2.45, 2.75) is 217 Å². The molecule has 9 unspecified atom stereocenters. The second kappa shape index (κ2) is 41.1. The van der Waals surface area contributed by atoms with E-state index in [4.69, 9.17) is 30.2 Å². The number of aliphatic carboxylic acids is 1. The smallest absolute Gasteiger partial charge is 0.395 e. The van der Waals surface area contributed by atoms with Gasteiger partial charge in [0.15, 0.2) is 11.9 Å². The van der Waals surface area contributed by atoms with E-state index in [9.17, 15) is 68.5 Å². The number of carbonyl (C=O) groups is 8. The number of ether oxygens (including phenoxy) is 3. The quantitative estimate of drug-likeness (QED) is 0.0234. The van der Waals surface area contributed by atoms with Crippen molar-refractivity contribution < 1.29 is 87.2 Å². The van der Waals surface area contributed by atoms with Gasteiger partial charge in [0.2, 0.25) is 35.6 Å². The van der Waals surface area contributed by atoms with Crippen molar-refractivity contribution in [3.63, 3.8) is 0 Å². The standard InChI is InChI=1S/C53H98N9O18P/c1-8-9-10-11-12-13-14-15-16-17-18-19-20-25-32-77-34-40(46-45(68)47(53(75)79-46)80-81(76,61(4)5)62(6)7)78-42(67)29-28-41(66)56-37(26-21-23-30-54)49(70)59-44(36(3)65)51(72)60-43(35(2)64)50(71)57-38(27-22-24-31-55)48(69)58-39(33-63)52(73)74/h35-40,43-44,46,63-65,68H,8-34,54-55H2,1-7H3,(H,56,66)(H,57,71)(H,58,69)(H,59,70)(H,60,72)(H,73,74). The molecule has 28 heteroatoms. The summed E-state index contributed by atoms with van der Waals surface area (Å²) in [6.45, 7) is 3.87. The van der Waals surface area contributed by atoms with Gasteiger partial charge in [0.1, 0.15) is 30.2 Å². The van der Waals surface area contributed by atoms with Crippen molar-refractivity contribution in [3.05, 3.63) is 11.5 Å². The molecule has 81 heavy (non-hydrogen) atoms. The Morgan fingerprint density at radius 3 is 1.54 bits per heavy atom. The van der Waals surface area contributed by atoms with Gasteiger partial charge < -0.3 is 82.3 Å². The highest BCUT2D eigenvalue weighted by Gasteiger charge is 2.47. The Kier molecular flexibility index (Phi) is 37.5. The minimum Gasteiger partial charge on any atom is -0.505 e. The summed E-state index contributed by atoms with van der Waals surface area (Å²) in [5, 5.41) is 62.9. The zero-order valence-electron chi connectivity index (χ0n) is 48.8. The van der Waals surface area contributed by atoms with Crippen LogP contribution in [0.4, 0.5) is 0 Å². The fourth-order valence-corrected chi connectivity index (χ4v) is 9.92.